The van der Waals surface area contributed by atoms with E-state index in [-0.39, 0.29) is 5.56 Å². The van der Waals surface area contributed by atoms with Crippen molar-refractivity contribution in [3.05, 3.63) is 58.0 Å². The molecule has 0 amide bonds. The Morgan fingerprint density at radius 1 is 1.07 bits per heavy atom. The molecule has 2 N–H and O–H groups in total. The van der Waals surface area contributed by atoms with Gasteiger partial charge in [-0.15, -0.1) is 0 Å². The number of aromatic nitrogens is 2. The number of ether oxygens (including phenoxy) is 2. The standard InChI is InChI=1S/C19H22N4O5S/c1-22-19(24)15-11-18(28-4)17(27-3)10-14(15)16(21-22)9-12-5-7-13(8-6-12)23(2)29(20,25)26/h5-8,10-11H,9H2,1-4H3,(H2,20,25,26). The van der Waals surface area contributed by atoms with Gasteiger partial charge < -0.3 is 9.47 Å². The van der Waals surface area contributed by atoms with Crippen molar-refractivity contribution >= 4 is 26.7 Å². The fraction of sp³-hybridized carbons (Fsp3) is 0.263. The van der Waals surface area contributed by atoms with E-state index in [2.05, 4.69) is 5.10 Å². The predicted molar refractivity (Wildman–Crippen MR) is 111 cm³/mol. The summed E-state index contributed by atoms with van der Waals surface area (Å²) in [5.74, 6) is 0.964. The van der Waals surface area contributed by atoms with Crippen molar-refractivity contribution in [3.8, 4) is 11.5 Å². The smallest absolute Gasteiger partial charge is 0.298 e. The van der Waals surface area contributed by atoms with Gasteiger partial charge in [-0.2, -0.15) is 13.5 Å². The van der Waals surface area contributed by atoms with E-state index in [0.29, 0.717) is 40.1 Å². The summed E-state index contributed by atoms with van der Waals surface area (Å²) in [6.45, 7) is 0. The highest BCUT2D eigenvalue weighted by atomic mass is 32.2. The number of hydrogen-bond donors (Lipinski definition) is 1. The third-order valence-electron chi connectivity index (χ3n) is 4.68. The molecule has 3 aromatic rings. The van der Waals surface area contributed by atoms with E-state index in [9.17, 15) is 13.2 Å². The fourth-order valence-corrected chi connectivity index (χ4v) is 3.46. The molecule has 0 aliphatic heterocycles. The molecule has 0 radical (unpaired) electrons. The first kappa shape index (κ1) is 20.6. The zero-order chi connectivity index (χ0) is 21.3. The second kappa shape index (κ2) is 7.72. The molecule has 0 saturated heterocycles. The Kier molecular flexibility index (Phi) is 5.49. The molecule has 0 aliphatic carbocycles. The first-order valence-electron chi connectivity index (χ1n) is 8.63. The number of methoxy groups -OCH3 is 2. The van der Waals surface area contributed by atoms with Gasteiger partial charge in [-0.05, 0) is 29.8 Å². The summed E-state index contributed by atoms with van der Waals surface area (Å²) in [6.07, 6.45) is 0.430. The lowest BCUT2D eigenvalue weighted by Crippen LogP contribution is -2.33. The number of fused-ring (bicyclic) bond motifs is 1. The molecule has 2 aromatic carbocycles. The van der Waals surface area contributed by atoms with Crippen LogP contribution in [0.25, 0.3) is 10.8 Å². The third-order valence-corrected chi connectivity index (χ3v) is 5.66. The Labute approximate surface area is 168 Å². The minimum atomic E-state index is -3.82. The summed E-state index contributed by atoms with van der Waals surface area (Å²) in [5.41, 5.74) is 1.77. The number of rotatable bonds is 6. The van der Waals surface area contributed by atoms with Crippen LogP contribution in [0.1, 0.15) is 11.3 Å². The zero-order valence-corrected chi connectivity index (χ0v) is 17.4. The summed E-state index contributed by atoms with van der Waals surface area (Å²) in [6, 6.07) is 10.3. The van der Waals surface area contributed by atoms with Crippen LogP contribution in [0.3, 0.4) is 0 Å². The number of hydrogen-bond acceptors (Lipinski definition) is 6. The molecule has 0 atom stereocenters. The van der Waals surface area contributed by atoms with Crippen LogP contribution in [0.4, 0.5) is 5.69 Å². The number of benzene rings is 2. The summed E-state index contributed by atoms with van der Waals surface area (Å²) in [4.78, 5) is 12.5. The average molecular weight is 418 g/mol. The minimum absolute atomic E-state index is 0.241. The molecular weight excluding hydrogens is 396 g/mol. The van der Waals surface area contributed by atoms with Crippen molar-refractivity contribution < 1.29 is 17.9 Å². The lowest BCUT2D eigenvalue weighted by Gasteiger charge is -2.16. The number of anilines is 1. The number of nitrogens with two attached hydrogens (primary N) is 1. The zero-order valence-electron chi connectivity index (χ0n) is 16.5. The van der Waals surface area contributed by atoms with Crippen molar-refractivity contribution in [3.63, 3.8) is 0 Å². The van der Waals surface area contributed by atoms with Crippen LogP contribution < -0.4 is 24.5 Å². The monoisotopic (exact) mass is 418 g/mol. The lowest BCUT2D eigenvalue weighted by molar-refractivity contribution is 0.355. The predicted octanol–water partition coefficient (Wildman–Crippen LogP) is 1.18. The minimum Gasteiger partial charge on any atom is -0.493 e. The van der Waals surface area contributed by atoms with Crippen LogP contribution in [0.15, 0.2) is 41.2 Å². The van der Waals surface area contributed by atoms with E-state index in [1.165, 1.54) is 25.9 Å². The first-order chi connectivity index (χ1) is 13.7. The molecule has 0 saturated carbocycles. The van der Waals surface area contributed by atoms with E-state index in [1.54, 1.807) is 43.4 Å². The third kappa shape index (κ3) is 4.03. The Hall–Kier alpha value is -3.11. The van der Waals surface area contributed by atoms with Gasteiger partial charge in [0.25, 0.3) is 15.8 Å². The van der Waals surface area contributed by atoms with E-state index >= 15 is 0 Å². The van der Waals surface area contributed by atoms with Crippen LogP contribution in [-0.2, 0) is 23.7 Å². The molecule has 154 valence electrons. The van der Waals surface area contributed by atoms with Gasteiger partial charge in [-0.1, -0.05) is 12.1 Å². The van der Waals surface area contributed by atoms with E-state index in [4.69, 9.17) is 14.6 Å². The van der Waals surface area contributed by atoms with Crippen LogP contribution in [-0.4, -0.2) is 39.5 Å². The Balaban J connectivity index is 2.06. The van der Waals surface area contributed by atoms with Crippen molar-refractivity contribution in [2.75, 3.05) is 25.6 Å². The Bertz CT molecular complexity index is 1220. The van der Waals surface area contributed by atoms with Gasteiger partial charge in [-0.25, -0.2) is 9.82 Å². The van der Waals surface area contributed by atoms with Gasteiger partial charge in [0, 0.05) is 25.9 Å². The second-order valence-electron chi connectivity index (χ2n) is 6.48. The molecule has 1 aromatic heterocycles. The van der Waals surface area contributed by atoms with E-state index < -0.39 is 10.2 Å². The molecular formula is C19H22N4O5S. The molecule has 0 fully saturated rings. The first-order valence-corrected chi connectivity index (χ1v) is 10.1. The van der Waals surface area contributed by atoms with Gasteiger partial charge >= 0.3 is 0 Å². The normalized spacial score (nSPS) is 11.5. The van der Waals surface area contributed by atoms with Crippen LogP contribution in [0, 0.1) is 0 Å². The van der Waals surface area contributed by atoms with Gasteiger partial charge in [0.15, 0.2) is 11.5 Å². The molecule has 9 nitrogen and oxygen atoms in total. The SMILES string of the molecule is COc1cc2c(Cc3ccc(N(C)S(N)(=O)=O)cc3)nn(C)c(=O)c2cc1OC. The highest BCUT2D eigenvalue weighted by Gasteiger charge is 2.16. The molecule has 0 aliphatic rings. The van der Waals surface area contributed by atoms with Gasteiger partial charge in [0.1, 0.15) is 0 Å². The summed E-state index contributed by atoms with van der Waals surface area (Å²) in [7, 11) is 2.18. The maximum atomic E-state index is 12.5. The number of aryl methyl sites for hydroxylation is 1. The van der Waals surface area contributed by atoms with Crippen LogP contribution in [0.2, 0.25) is 0 Å². The molecule has 0 bridgehead atoms. The summed E-state index contributed by atoms with van der Waals surface area (Å²) >= 11 is 0. The van der Waals surface area contributed by atoms with Gasteiger partial charge in [-0.3, -0.25) is 9.10 Å². The lowest BCUT2D eigenvalue weighted by atomic mass is 10.0. The molecule has 1 heterocycles. The molecule has 0 spiro atoms. The maximum Gasteiger partial charge on any atom is 0.298 e. The average Bonchev–Trinajstić information content (AvgIpc) is 2.70. The molecule has 0 unspecified atom stereocenters. The van der Waals surface area contributed by atoms with Crippen molar-refractivity contribution in [1.82, 2.24) is 9.78 Å². The Morgan fingerprint density at radius 3 is 2.14 bits per heavy atom. The van der Waals surface area contributed by atoms with Crippen molar-refractivity contribution in [1.29, 1.82) is 0 Å². The van der Waals surface area contributed by atoms with Crippen molar-refractivity contribution in [2.24, 2.45) is 12.2 Å². The topological polar surface area (TPSA) is 117 Å². The maximum absolute atomic E-state index is 12.5. The van der Waals surface area contributed by atoms with E-state index in [1.807, 2.05) is 0 Å². The fourth-order valence-electron chi connectivity index (χ4n) is 3.04. The molecule has 10 heteroatoms. The van der Waals surface area contributed by atoms with E-state index in [0.717, 1.165) is 9.87 Å². The molecule has 29 heavy (non-hydrogen) atoms. The van der Waals surface area contributed by atoms with Crippen LogP contribution in [0.5, 0.6) is 11.5 Å². The molecule has 3 rings (SSSR count). The summed E-state index contributed by atoms with van der Waals surface area (Å²) in [5, 5.41) is 10.7. The Morgan fingerprint density at radius 2 is 1.62 bits per heavy atom. The summed E-state index contributed by atoms with van der Waals surface area (Å²) < 4.78 is 35.9. The van der Waals surface area contributed by atoms with Crippen LogP contribution >= 0.6 is 0 Å². The van der Waals surface area contributed by atoms with Crippen molar-refractivity contribution in [2.45, 2.75) is 6.42 Å². The second-order valence-corrected chi connectivity index (χ2v) is 8.06. The van der Waals surface area contributed by atoms with Gasteiger partial charge in [0.2, 0.25) is 0 Å². The highest BCUT2D eigenvalue weighted by molar-refractivity contribution is 7.90. The quantitative estimate of drug-likeness (QED) is 0.642. The highest BCUT2D eigenvalue weighted by Crippen LogP contribution is 2.32. The largest absolute Gasteiger partial charge is 0.493 e. The number of nitrogens with zero attached hydrogens (tertiary/aromatic N) is 3. The van der Waals surface area contributed by atoms with Gasteiger partial charge in [0.05, 0.1) is 31.0 Å².